The number of amides is 1. The molecule has 1 aliphatic rings. The summed E-state index contributed by atoms with van der Waals surface area (Å²) in [5, 5.41) is 2.98. The first-order valence-electron chi connectivity index (χ1n) is 8.21. The monoisotopic (exact) mass is 318 g/mol. The van der Waals surface area contributed by atoms with Gasteiger partial charge in [0.2, 0.25) is 0 Å². The lowest BCUT2D eigenvalue weighted by Gasteiger charge is -2.29. The van der Waals surface area contributed by atoms with Crippen LogP contribution in [0.25, 0.3) is 0 Å². The average molecular weight is 318 g/mol. The van der Waals surface area contributed by atoms with Crippen LogP contribution in [0.15, 0.2) is 24.3 Å². The zero-order valence-corrected chi connectivity index (χ0v) is 14.2. The van der Waals surface area contributed by atoms with Gasteiger partial charge in [-0.3, -0.25) is 4.79 Å². The zero-order chi connectivity index (χ0) is 16.8. The van der Waals surface area contributed by atoms with Crippen LogP contribution in [-0.2, 0) is 9.53 Å². The summed E-state index contributed by atoms with van der Waals surface area (Å²) in [6.07, 6.45) is 4.52. The highest BCUT2D eigenvalue weighted by Crippen LogP contribution is 2.23. The SMILES string of the molecule is C[C@H]1CCCC[C@H]1NC(=O)COC(=O)c1ccc(N(C)C)cc1. The predicted molar refractivity (Wildman–Crippen MR) is 90.6 cm³/mol. The summed E-state index contributed by atoms with van der Waals surface area (Å²) < 4.78 is 5.10. The minimum Gasteiger partial charge on any atom is -0.452 e. The van der Waals surface area contributed by atoms with E-state index in [1.807, 2.05) is 31.1 Å². The van der Waals surface area contributed by atoms with Crippen molar-refractivity contribution in [2.24, 2.45) is 5.92 Å². The number of ether oxygens (including phenoxy) is 1. The quantitative estimate of drug-likeness (QED) is 0.848. The molecule has 1 amide bonds. The summed E-state index contributed by atoms with van der Waals surface area (Å²) in [4.78, 5) is 25.9. The highest BCUT2D eigenvalue weighted by molar-refractivity contribution is 5.91. The number of hydrogen-bond donors (Lipinski definition) is 1. The van der Waals surface area contributed by atoms with Gasteiger partial charge in [0, 0.05) is 25.8 Å². The van der Waals surface area contributed by atoms with Crippen LogP contribution in [0.5, 0.6) is 0 Å². The minimum absolute atomic E-state index is 0.203. The van der Waals surface area contributed by atoms with Crippen LogP contribution in [0.2, 0.25) is 0 Å². The van der Waals surface area contributed by atoms with Gasteiger partial charge in [0.15, 0.2) is 6.61 Å². The van der Waals surface area contributed by atoms with E-state index in [1.54, 1.807) is 12.1 Å². The van der Waals surface area contributed by atoms with E-state index >= 15 is 0 Å². The molecule has 5 heteroatoms. The Bertz CT molecular complexity index is 540. The van der Waals surface area contributed by atoms with Crippen LogP contribution in [0.3, 0.4) is 0 Å². The van der Waals surface area contributed by atoms with E-state index in [0.717, 1.165) is 24.9 Å². The Balaban J connectivity index is 1.80. The van der Waals surface area contributed by atoms with Crippen molar-refractivity contribution < 1.29 is 14.3 Å². The highest BCUT2D eigenvalue weighted by atomic mass is 16.5. The van der Waals surface area contributed by atoms with Crippen molar-refractivity contribution in [2.45, 2.75) is 38.6 Å². The normalized spacial score (nSPS) is 20.7. The van der Waals surface area contributed by atoms with Crippen LogP contribution in [0.1, 0.15) is 43.0 Å². The third-order valence-corrected chi connectivity index (χ3v) is 4.41. The van der Waals surface area contributed by atoms with Gasteiger partial charge in [0.05, 0.1) is 5.56 Å². The van der Waals surface area contributed by atoms with Crippen LogP contribution < -0.4 is 10.2 Å². The topological polar surface area (TPSA) is 58.6 Å². The molecule has 1 N–H and O–H groups in total. The summed E-state index contributed by atoms with van der Waals surface area (Å²) in [5.41, 5.74) is 1.46. The molecule has 1 aromatic carbocycles. The molecule has 126 valence electrons. The number of carbonyl (C=O) groups is 2. The lowest BCUT2D eigenvalue weighted by Crippen LogP contribution is -2.42. The van der Waals surface area contributed by atoms with E-state index in [2.05, 4.69) is 12.2 Å². The molecule has 1 aromatic rings. The maximum atomic E-state index is 12.0. The van der Waals surface area contributed by atoms with Gasteiger partial charge in [0.1, 0.15) is 0 Å². The van der Waals surface area contributed by atoms with Crippen LogP contribution in [0, 0.1) is 5.92 Å². The Morgan fingerprint density at radius 1 is 1.17 bits per heavy atom. The molecule has 5 nitrogen and oxygen atoms in total. The van der Waals surface area contributed by atoms with Crippen molar-refractivity contribution in [1.29, 1.82) is 0 Å². The van der Waals surface area contributed by atoms with E-state index in [1.165, 1.54) is 6.42 Å². The maximum Gasteiger partial charge on any atom is 0.338 e. The van der Waals surface area contributed by atoms with Gasteiger partial charge < -0.3 is 15.0 Å². The molecule has 1 saturated carbocycles. The van der Waals surface area contributed by atoms with E-state index in [4.69, 9.17) is 4.74 Å². The second kappa shape index (κ2) is 7.99. The molecular formula is C18H26N2O3. The maximum absolute atomic E-state index is 12.0. The number of carbonyl (C=O) groups excluding carboxylic acids is 2. The number of esters is 1. The first kappa shape index (κ1) is 17.3. The first-order valence-corrected chi connectivity index (χ1v) is 8.21. The fraction of sp³-hybridized carbons (Fsp3) is 0.556. The van der Waals surface area contributed by atoms with E-state index in [-0.39, 0.29) is 18.6 Å². The largest absolute Gasteiger partial charge is 0.452 e. The number of rotatable bonds is 5. The Hall–Kier alpha value is -2.04. The highest BCUT2D eigenvalue weighted by Gasteiger charge is 2.23. The smallest absolute Gasteiger partial charge is 0.338 e. The Kier molecular flexibility index (Phi) is 6.02. The van der Waals surface area contributed by atoms with Gasteiger partial charge in [-0.05, 0) is 43.0 Å². The van der Waals surface area contributed by atoms with Crippen molar-refractivity contribution in [2.75, 3.05) is 25.6 Å². The molecule has 2 atom stereocenters. The van der Waals surface area contributed by atoms with Crippen molar-refractivity contribution >= 4 is 17.6 Å². The molecule has 1 aliphatic carbocycles. The fourth-order valence-electron chi connectivity index (χ4n) is 2.89. The van der Waals surface area contributed by atoms with Gasteiger partial charge in [-0.15, -0.1) is 0 Å². The molecule has 0 radical (unpaired) electrons. The fourth-order valence-corrected chi connectivity index (χ4v) is 2.89. The summed E-state index contributed by atoms with van der Waals surface area (Å²) in [6.45, 7) is 1.93. The van der Waals surface area contributed by atoms with Gasteiger partial charge in [0.25, 0.3) is 5.91 Å². The van der Waals surface area contributed by atoms with Gasteiger partial charge in [-0.2, -0.15) is 0 Å². The molecular weight excluding hydrogens is 292 g/mol. The molecule has 2 rings (SSSR count). The Morgan fingerprint density at radius 3 is 2.43 bits per heavy atom. The van der Waals surface area contributed by atoms with E-state index in [9.17, 15) is 9.59 Å². The third-order valence-electron chi connectivity index (χ3n) is 4.41. The van der Waals surface area contributed by atoms with Gasteiger partial charge in [-0.1, -0.05) is 19.8 Å². The lowest BCUT2D eigenvalue weighted by atomic mass is 9.86. The summed E-state index contributed by atoms with van der Waals surface area (Å²) in [5.74, 6) is -0.203. The minimum atomic E-state index is -0.470. The van der Waals surface area contributed by atoms with Gasteiger partial charge >= 0.3 is 5.97 Å². The molecule has 0 aromatic heterocycles. The zero-order valence-electron chi connectivity index (χ0n) is 14.2. The number of benzene rings is 1. The van der Waals surface area contributed by atoms with Crippen molar-refractivity contribution in [1.82, 2.24) is 5.32 Å². The number of hydrogen-bond acceptors (Lipinski definition) is 4. The van der Waals surface area contributed by atoms with Crippen molar-refractivity contribution in [3.8, 4) is 0 Å². The Morgan fingerprint density at radius 2 is 1.83 bits per heavy atom. The Labute approximate surface area is 138 Å². The molecule has 0 unspecified atom stereocenters. The molecule has 0 heterocycles. The standard InChI is InChI=1S/C18H26N2O3/c1-13-6-4-5-7-16(13)19-17(21)12-23-18(22)14-8-10-15(11-9-14)20(2)3/h8-11,13,16H,4-7,12H2,1-3H3,(H,19,21)/t13-,16+/m0/s1. The lowest BCUT2D eigenvalue weighted by molar-refractivity contribution is -0.125. The molecule has 1 fully saturated rings. The van der Waals surface area contributed by atoms with E-state index in [0.29, 0.717) is 11.5 Å². The predicted octanol–water partition coefficient (Wildman–Crippen LogP) is 2.60. The second-order valence-electron chi connectivity index (χ2n) is 6.45. The number of nitrogens with zero attached hydrogens (tertiary/aromatic N) is 1. The molecule has 23 heavy (non-hydrogen) atoms. The number of anilines is 1. The van der Waals surface area contributed by atoms with Crippen molar-refractivity contribution in [3.05, 3.63) is 29.8 Å². The van der Waals surface area contributed by atoms with Crippen LogP contribution in [-0.4, -0.2) is 38.6 Å². The van der Waals surface area contributed by atoms with Crippen LogP contribution >= 0.6 is 0 Å². The first-order chi connectivity index (χ1) is 11.0. The van der Waals surface area contributed by atoms with Crippen molar-refractivity contribution in [3.63, 3.8) is 0 Å². The molecule has 0 bridgehead atoms. The van der Waals surface area contributed by atoms with Gasteiger partial charge in [-0.25, -0.2) is 4.79 Å². The number of nitrogens with one attached hydrogen (secondary N) is 1. The molecule has 0 aliphatic heterocycles. The van der Waals surface area contributed by atoms with Crippen LogP contribution in [0.4, 0.5) is 5.69 Å². The average Bonchev–Trinajstić information content (AvgIpc) is 2.55. The second-order valence-corrected chi connectivity index (χ2v) is 6.45. The third kappa shape index (κ3) is 4.98. The van der Waals surface area contributed by atoms with E-state index < -0.39 is 5.97 Å². The summed E-state index contributed by atoms with van der Waals surface area (Å²) >= 11 is 0. The molecule has 0 saturated heterocycles. The molecule has 0 spiro atoms. The summed E-state index contributed by atoms with van der Waals surface area (Å²) in [7, 11) is 3.87. The summed E-state index contributed by atoms with van der Waals surface area (Å²) in [6, 6.07) is 7.31.